The van der Waals surface area contributed by atoms with E-state index in [1.54, 1.807) is 17.0 Å². The Labute approximate surface area is 111 Å². The van der Waals surface area contributed by atoms with Gasteiger partial charge in [0.1, 0.15) is 6.61 Å². The summed E-state index contributed by atoms with van der Waals surface area (Å²) in [6.45, 7) is 1.61. The molecule has 1 aromatic rings. The van der Waals surface area contributed by atoms with E-state index in [2.05, 4.69) is 4.74 Å². The standard InChI is InChI=1S/C13H16N2O4/c1-18-12(16)10-8-9(2-3-11(10)14)4-5-15-6-7-19-13(15)17/h2-3,8H,4-7,14H2,1H3. The Balaban J connectivity index is 2.04. The van der Waals surface area contributed by atoms with Crippen LogP contribution < -0.4 is 5.73 Å². The fourth-order valence-electron chi connectivity index (χ4n) is 1.94. The zero-order chi connectivity index (χ0) is 13.8. The number of hydrogen-bond donors (Lipinski definition) is 1. The summed E-state index contributed by atoms with van der Waals surface area (Å²) in [5.41, 5.74) is 7.38. The molecule has 1 saturated heterocycles. The highest BCUT2D eigenvalue weighted by Crippen LogP contribution is 2.16. The topological polar surface area (TPSA) is 81.9 Å². The lowest BCUT2D eigenvalue weighted by Crippen LogP contribution is -2.26. The van der Waals surface area contributed by atoms with Crippen LogP contribution in [0.4, 0.5) is 10.5 Å². The molecule has 102 valence electrons. The molecule has 1 aromatic carbocycles. The van der Waals surface area contributed by atoms with Crippen molar-refractivity contribution in [2.45, 2.75) is 6.42 Å². The molecule has 6 nitrogen and oxygen atoms in total. The van der Waals surface area contributed by atoms with E-state index in [9.17, 15) is 9.59 Å². The largest absolute Gasteiger partial charge is 0.465 e. The second-order valence-electron chi connectivity index (χ2n) is 4.26. The molecule has 0 saturated carbocycles. The number of amides is 1. The normalized spacial score (nSPS) is 14.4. The van der Waals surface area contributed by atoms with Crippen molar-refractivity contribution < 1.29 is 19.1 Å². The number of cyclic esters (lactones) is 1. The van der Waals surface area contributed by atoms with Crippen LogP contribution in [-0.2, 0) is 15.9 Å². The van der Waals surface area contributed by atoms with Crippen molar-refractivity contribution >= 4 is 17.7 Å². The van der Waals surface area contributed by atoms with E-state index in [1.807, 2.05) is 6.07 Å². The van der Waals surface area contributed by atoms with E-state index < -0.39 is 5.97 Å². The predicted molar refractivity (Wildman–Crippen MR) is 68.8 cm³/mol. The number of rotatable bonds is 4. The van der Waals surface area contributed by atoms with Gasteiger partial charge in [0.05, 0.1) is 19.2 Å². The highest BCUT2D eigenvalue weighted by Gasteiger charge is 2.21. The van der Waals surface area contributed by atoms with Crippen LogP contribution in [-0.4, -0.2) is 43.8 Å². The van der Waals surface area contributed by atoms with Gasteiger partial charge in [-0.05, 0) is 24.1 Å². The van der Waals surface area contributed by atoms with Crippen molar-refractivity contribution in [3.63, 3.8) is 0 Å². The summed E-state index contributed by atoms with van der Waals surface area (Å²) in [6.07, 6.45) is 0.350. The number of hydrogen-bond acceptors (Lipinski definition) is 5. The van der Waals surface area contributed by atoms with Crippen molar-refractivity contribution in [2.75, 3.05) is 32.5 Å². The van der Waals surface area contributed by atoms with Gasteiger partial charge in [0, 0.05) is 12.2 Å². The molecule has 1 heterocycles. The lowest BCUT2D eigenvalue weighted by atomic mass is 10.1. The Kier molecular flexibility index (Phi) is 3.89. The van der Waals surface area contributed by atoms with E-state index >= 15 is 0 Å². The molecule has 1 aliphatic heterocycles. The first-order valence-corrected chi connectivity index (χ1v) is 6.00. The van der Waals surface area contributed by atoms with Crippen LogP contribution in [0.2, 0.25) is 0 Å². The number of anilines is 1. The zero-order valence-corrected chi connectivity index (χ0v) is 10.7. The van der Waals surface area contributed by atoms with Gasteiger partial charge in [0.15, 0.2) is 0 Å². The maximum absolute atomic E-state index is 11.5. The monoisotopic (exact) mass is 264 g/mol. The molecule has 6 heteroatoms. The van der Waals surface area contributed by atoms with Crippen LogP contribution >= 0.6 is 0 Å². The van der Waals surface area contributed by atoms with Gasteiger partial charge in [0.2, 0.25) is 0 Å². The number of ether oxygens (including phenoxy) is 2. The van der Waals surface area contributed by atoms with E-state index in [0.717, 1.165) is 5.56 Å². The van der Waals surface area contributed by atoms with E-state index in [4.69, 9.17) is 10.5 Å². The maximum atomic E-state index is 11.5. The molecule has 0 unspecified atom stereocenters. The molecule has 0 bridgehead atoms. The Morgan fingerprint density at radius 3 is 2.95 bits per heavy atom. The minimum atomic E-state index is -0.458. The first kappa shape index (κ1) is 13.2. The van der Waals surface area contributed by atoms with Gasteiger partial charge in [-0.15, -0.1) is 0 Å². The second-order valence-corrected chi connectivity index (χ2v) is 4.26. The van der Waals surface area contributed by atoms with Crippen molar-refractivity contribution in [1.29, 1.82) is 0 Å². The van der Waals surface area contributed by atoms with E-state index in [0.29, 0.717) is 37.4 Å². The number of carbonyl (C=O) groups excluding carboxylic acids is 2. The fourth-order valence-corrected chi connectivity index (χ4v) is 1.94. The van der Waals surface area contributed by atoms with Crippen molar-refractivity contribution in [3.8, 4) is 0 Å². The van der Waals surface area contributed by atoms with Crippen LogP contribution in [0.5, 0.6) is 0 Å². The first-order chi connectivity index (χ1) is 9.11. The fraction of sp³-hybridized carbons (Fsp3) is 0.385. The molecule has 0 spiro atoms. The SMILES string of the molecule is COC(=O)c1cc(CCN2CCOC2=O)ccc1N. The molecule has 1 fully saturated rings. The number of nitrogens with zero attached hydrogens (tertiary/aromatic N) is 1. The number of benzene rings is 1. The Morgan fingerprint density at radius 1 is 1.53 bits per heavy atom. The van der Waals surface area contributed by atoms with Crippen LogP contribution in [0.25, 0.3) is 0 Å². The number of nitrogens with two attached hydrogens (primary N) is 1. The van der Waals surface area contributed by atoms with E-state index in [1.165, 1.54) is 7.11 Å². The van der Waals surface area contributed by atoms with Gasteiger partial charge in [-0.1, -0.05) is 6.07 Å². The summed E-state index contributed by atoms with van der Waals surface area (Å²) in [7, 11) is 1.31. The molecule has 2 N–H and O–H groups in total. The molecule has 0 atom stereocenters. The van der Waals surface area contributed by atoms with Crippen LogP contribution in [0.1, 0.15) is 15.9 Å². The number of methoxy groups -OCH3 is 1. The van der Waals surface area contributed by atoms with Crippen molar-refractivity contribution in [3.05, 3.63) is 29.3 Å². The summed E-state index contributed by atoms with van der Waals surface area (Å²) >= 11 is 0. The van der Waals surface area contributed by atoms with Crippen LogP contribution in [0.3, 0.4) is 0 Å². The van der Waals surface area contributed by atoms with Crippen LogP contribution in [0.15, 0.2) is 18.2 Å². The molecule has 0 aliphatic carbocycles. The second kappa shape index (κ2) is 5.60. The van der Waals surface area contributed by atoms with Gasteiger partial charge in [-0.25, -0.2) is 9.59 Å². The maximum Gasteiger partial charge on any atom is 0.409 e. The minimum Gasteiger partial charge on any atom is -0.465 e. The molecule has 1 aliphatic rings. The summed E-state index contributed by atoms with van der Waals surface area (Å²) < 4.78 is 9.51. The Morgan fingerprint density at radius 2 is 2.32 bits per heavy atom. The number of esters is 1. The average molecular weight is 264 g/mol. The lowest BCUT2D eigenvalue weighted by Gasteiger charge is -2.13. The lowest BCUT2D eigenvalue weighted by molar-refractivity contribution is 0.0601. The van der Waals surface area contributed by atoms with Gasteiger partial charge >= 0.3 is 12.1 Å². The molecule has 19 heavy (non-hydrogen) atoms. The summed E-state index contributed by atoms with van der Waals surface area (Å²) in [4.78, 5) is 24.4. The van der Waals surface area contributed by atoms with E-state index in [-0.39, 0.29) is 6.09 Å². The number of carbonyl (C=O) groups is 2. The first-order valence-electron chi connectivity index (χ1n) is 6.00. The predicted octanol–water partition coefficient (Wildman–Crippen LogP) is 1.05. The smallest absolute Gasteiger partial charge is 0.409 e. The van der Waals surface area contributed by atoms with Gasteiger partial charge in [0.25, 0.3) is 0 Å². The Bertz CT molecular complexity index is 501. The third kappa shape index (κ3) is 2.96. The molecular weight excluding hydrogens is 248 g/mol. The van der Waals surface area contributed by atoms with Gasteiger partial charge < -0.3 is 20.1 Å². The van der Waals surface area contributed by atoms with Gasteiger partial charge in [-0.3, -0.25) is 0 Å². The molecule has 0 radical (unpaired) electrons. The van der Waals surface area contributed by atoms with Crippen LogP contribution in [0, 0.1) is 0 Å². The van der Waals surface area contributed by atoms with Crippen molar-refractivity contribution in [2.24, 2.45) is 0 Å². The highest BCUT2D eigenvalue weighted by atomic mass is 16.6. The molecule has 1 amide bonds. The summed E-state index contributed by atoms with van der Waals surface area (Å²) in [5.74, 6) is -0.458. The average Bonchev–Trinajstić information content (AvgIpc) is 2.82. The quantitative estimate of drug-likeness (QED) is 0.649. The summed E-state index contributed by atoms with van der Waals surface area (Å²) in [6, 6.07) is 5.20. The zero-order valence-electron chi connectivity index (χ0n) is 10.7. The van der Waals surface area contributed by atoms with Gasteiger partial charge in [-0.2, -0.15) is 0 Å². The minimum absolute atomic E-state index is 0.288. The van der Waals surface area contributed by atoms with Crippen molar-refractivity contribution in [1.82, 2.24) is 4.90 Å². The number of nitrogen functional groups attached to an aromatic ring is 1. The Hall–Kier alpha value is -2.24. The third-order valence-electron chi connectivity index (χ3n) is 3.04. The molecular formula is C13H16N2O4. The molecule has 2 rings (SSSR count). The third-order valence-corrected chi connectivity index (χ3v) is 3.04. The molecule has 0 aromatic heterocycles. The summed E-state index contributed by atoms with van der Waals surface area (Å²) in [5, 5.41) is 0. The highest BCUT2D eigenvalue weighted by molar-refractivity contribution is 5.95.